The summed E-state index contributed by atoms with van der Waals surface area (Å²) in [6, 6.07) is 0.460. The Bertz CT molecular complexity index is 424. The van der Waals surface area contributed by atoms with E-state index in [1.165, 1.54) is 31.9 Å². The predicted octanol–water partition coefficient (Wildman–Crippen LogP) is 2.35. The molecule has 1 saturated carbocycles. The molecule has 19 heavy (non-hydrogen) atoms. The fourth-order valence-electron chi connectivity index (χ4n) is 2.28. The average Bonchev–Trinajstić information content (AvgIpc) is 2.86. The van der Waals surface area contributed by atoms with Crippen molar-refractivity contribution >= 4 is 23.5 Å². The first-order chi connectivity index (χ1) is 9.22. The Morgan fingerprint density at radius 1 is 1.47 bits per heavy atom. The minimum absolute atomic E-state index is 0.235. The number of thioether (sulfide) groups is 1. The van der Waals surface area contributed by atoms with E-state index in [2.05, 4.69) is 26.9 Å². The number of hydrogen-bond acceptors (Lipinski definition) is 6. The van der Waals surface area contributed by atoms with E-state index >= 15 is 0 Å². The number of carbonyl (C=O) groups is 1. The molecule has 0 aliphatic heterocycles. The molecule has 1 aromatic rings. The molecular weight excluding hydrogens is 262 g/mol. The number of hydrogen-bond donors (Lipinski definition) is 1. The number of carbonyl (C=O) groups excluding carboxylic acids is 1. The molecular formula is C13H19N3O2S. The molecule has 1 fully saturated rings. The van der Waals surface area contributed by atoms with E-state index in [0.717, 1.165) is 17.5 Å². The first-order valence-corrected chi connectivity index (χ1v) is 7.56. The van der Waals surface area contributed by atoms with E-state index in [-0.39, 0.29) is 5.69 Å². The molecule has 104 valence electrons. The topological polar surface area (TPSA) is 64.1 Å². The number of methoxy groups -OCH3 is 1. The molecule has 2 rings (SSSR count). The van der Waals surface area contributed by atoms with Crippen LogP contribution < -0.4 is 5.32 Å². The van der Waals surface area contributed by atoms with Gasteiger partial charge >= 0.3 is 5.97 Å². The second kappa shape index (κ2) is 6.75. The lowest BCUT2D eigenvalue weighted by atomic mass is 10.2. The van der Waals surface area contributed by atoms with E-state index < -0.39 is 5.97 Å². The van der Waals surface area contributed by atoms with Gasteiger partial charge in [-0.05, 0) is 25.0 Å². The monoisotopic (exact) mass is 281 g/mol. The van der Waals surface area contributed by atoms with E-state index in [4.69, 9.17) is 0 Å². The molecule has 0 aromatic carbocycles. The number of nitrogens with one attached hydrogen (secondary N) is 1. The second-order valence-corrected chi connectivity index (χ2v) is 6.09. The van der Waals surface area contributed by atoms with Crippen LogP contribution in [0.2, 0.25) is 0 Å². The van der Waals surface area contributed by atoms with Gasteiger partial charge in [-0.25, -0.2) is 14.8 Å². The van der Waals surface area contributed by atoms with Crippen LogP contribution in [0, 0.1) is 0 Å². The molecule has 6 heteroatoms. The number of nitrogens with zero attached hydrogens (tertiary/aromatic N) is 2. The van der Waals surface area contributed by atoms with Crippen molar-refractivity contribution in [1.29, 1.82) is 0 Å². The zero-order valence-corrected chi connectivity index (χ0v) is 12.1. The molecule has 1 aromatic heterocycles. The van der Waals surface area contributed by atoms with Gasteiger partial charge in [0.15, 0.2) is 5.69 Å². The molecule has 1 N–H and O–H groups in total. The summed E-state index contributed by atoms with van der Waals surface area (Å²) in [6.07, 6.45) is 6.62. The van der Waals surface area contributed by atoms with Gasteiger partial charge in [-0.2, -0.15) is 11.8 Å². The van der Waals surface area contributed by atoms with E-state index in [0.29, 0.717) is 6.04 Å². The average molecular weight is 281 g/mol. The number of ether oxygens (including phenoxy) is 1. The molecule has 5 nitrogen and oxygen atoms in total. The van der Waals surface area contributed by atoms with Gasteiger partial charge in [-0.3, -0.25) is 0 Å². The van der Waals surface area contributed by atoms with Crippen molar-refractivity contribution in [3.63, 3.8) is 0 Å². The Kier molecular flexibility index (Phi) is 5.01. The Morgan fingerprint density at radius 2 is 2.32 bits per heavy atom. The Morgan fingerprint density at radius 3 is 2.95 bits per heavy atom. The van der Waals surface area contributed by atoms with Gasteiger partial charge in [0.1, 0.15) is 5.82 Å². The molecule has 1 heterocycles. The van der Waals surface area contributed by atoms with Crippen molar-refractivity contribution in [2.24, 2.45) is 0 Å². The van der Waals surface area contributed by atoms with Crippen molar-refractivity contribution < 1.29 is 9.53 Å². The first kappa shape index (κ1) is 14.1. The summed E-state index contributed by atoms with van der Waals surface area (Å²) in [7, 11) is 1.33. The third kappa shape index (κ3) is 3.83. The summed E-state index contributed by atoms with van der Waals surface area (Å²) in [6.45, 7) is 2.20. The summed E-state index contributed by atoms with van der Waals surface area (Å²) < 4.78 is 4.59. The SMILES string of the molecule is CCSC1CCC(Nc2cnc(C(=O)OC)cn2)C1. The highest BCUT2D eigenvalue weighted by Gasteiger charge is 2.24. The lowest BCUT2D eigenvalue weighted by molar-refractivity contribution is 0.0593. The minimum atomic E-state index is -0.459. The predicted molar refractivity (Wildman–Crippen MR) is 76.6 cm³/mol. The molecule has 1 aliphatic rings. The largest absolute Gasteiger partial charge is 0.464 e. The third-order valence-corrected chi connectivity index (χ3v) is 4.42. The smallest absolute Gasteiger partial charge is 0.358 e. The summed E-state index contributed by atoms with van der Waals surface area (Å²) in [5, 5.41) is 4.13. The minimum Gasteiger partial charge on any atom is -0.464 e. The van der Waals surface area contributed by atoms with Crippen LogP contribution in [0.15, 0.2) is 12.4 Å². The first-order valence-electron chi connectivity index (χ1n) is 6.51. The summed E-state index contributed by atoms with van der Waals surface area (Å²) in [4.78, 5) is 19.5. The van der Waals surface area contributed by atoms with Gasteiger partial charge in [0.2, 0.25) is 0 Å². The lowest BCUT2D eigenvalue weighted by Gasteiger charge is -2.13. The number of anilines is 1. The van der Waals surface area contributed by atoms with Crippen molar-refractivity contribution in [3.05, 3.63) is 18.1 Å². The number of esters is 1. The quantitative estimate of drug-likeness (QED) is 0.836. The van der Waals surface area contributed by atoms with Gasteiger partial charge in [0.05, 0.1) is 19.5 Å². The Labute approximate surface area is 117 Å². The zero-order chi connectivity index (χ0) is 13.7. The fourth-order valence-corrected chi connectivity index (χ4v) is 3.42. The van der Waals surface area contributed by atoms with Crippen molar-refractivity contribution in [2.75, 3.05) is 18.2 Å². The fraction of sp³-hybridized carbons (Fsp3) is 0.615. The maximum Gasteiger partial charge on any atom is 0.358 e. The van der Waals surface area contributed by atoms with E-state index in [1.807, 2.05) is 11.8 Å². The van der Waals surface area contributed by atoms with Crippen LogP contribution in [0.3, 0.4) is 0 Å². The maximum atomic E-state index is 11.2. The van der Waals surface area contributed by atoms with Gasteiger partial charge in [-0.1, -0.05) is 6.92 Å². The van der Waals surface area contributed by atoms with Gasteiger partial charge in [-0.15, -0.1) is 0 Å². The van der Waals surface area contributed by atoms with E-state index in [9.17, 15) is 4.79 Å². The molecule has 1 aliphatic carbocycles. The van der Waals surface area contributed by atoms with Crippen LogP contribution >= 0.6 is 11.8 Å². The maximum absolute atomic E-state index is 11.2. The summed E-state index contributed by atoms with van der Waals surface area (Å²) in [5.74, 6) is 1.43. The number of rotatable bonds is 5. The molecule has 0 amide bonds. The highest BCUT2D eigenvalue weighted by atomic mass is 32.2. The summed E-state index contributed by atoms with van der Waals surface area (Å²) in [5.41, 5.74) is 0.235. The molecule has 0 radical (unpaired) electrons. The lowest BCUT2D eigenvalue weighted by Crippen LogP contribution is -2.17. The Balaban J connectivity index is 1.88. The molecule has 2 atom stereocenters. The van der Waals surface area contributed by atoms with Gasteiger partial charge < -0.3 is 10.1 Å². The molecule has 2 unspecified atom stereocenters. The zero-order valence-electron chi connectivity index (χ0n) is 11.3. The van der Waals surface area contributed by atoms with Crippen LogP contribution in [0.4, 0.5) is 5.82 Å². The third-order valence-electron chi connectivity index (χ3n) is 3.19. The summed E-state index contributed by atoms with van der Waals surface area (Å²) >= 11 is 2.03. The van der Waals surface area contributed by atoms with Crippen LogP contribution in [0.1, 0.15) is 36.7 Å². The normalized spacial score (nSPS) is 22.2. The van der Waals surface area contributed by atoms with Crippen molar-refractivity contribution in [2.45, 2.75) is 37.5 Å². The highest BCUT2D eigenvalue weighted by molar-refractivity contribution is 7.99. The van der Waals surface area contributed by atoms with Crippen molar-refractivity contribution in [1.82, 2.24) is 9.97 Å². The van der Waals surface area contributed by atoms with Gasteiger partial charge in [0, 0.05) is 11.3 Å². The van der Waals surface area contributed by atoms with Crippen LogP contribution in [-0.4, -0.2) is 40.1 Å². The highest BCUT2D eigenvalue weighted by Crippen LogP contribution is 2.31. The van der Waals surface area contributed by atoms with Crippen molar-refractivity contribution in [3.8, 4) is 0 Å². The second-order valence-electron chi connectivity index (χ2n) is 4.51. The van der Waals surface area contributed by atoms with Crippen LogP contribution in [0.25, 0.3) is 0 Å². The Hall–Kier alpha value is -1.30. The molecule has 0 spiro atoms. The standard InChI is InChI=1S/C13H19N3O2S/c1-3-19-10-5-4-9(6-10)16-12-8-14-11(7-15-12)13(17)18-2/h7-10H,3-6H2,1-2H3,(H,15,16). The molecule has 0 saturated heterocycles. The van der Waals surface area contributed by atoms with E-state index in [1.54, 1.807) is 6.20 Å². The van der Waals surface area contributed by atoms with Crippen LogP contribution in [0.5, 0.6) is 0 Å². The van der Waals surface area contributed by atoms with Gasteiger partial charge in [0.25, 0.3) is 0 Å². The molecule has 0 bridgehead atoms. The van der Waals surface area contributed by atoms with Crippen LogP contribution in [-0.2, 0) is 4.74 Å². The number of aromatic nitrogens is 2.